The quantitative estimate of drug-likeness (QED) is 0.389. The normalized spacial score (nSPS) is 11.6. The summed E-state index contributed by atoms with van der Waals surface area (Å²) in [5.41, 5.74) is 3.22. The van der Waals surface area contributed by atoms with Crippen molar-refractivity contribution in [2.75, 3.05) is 10.5 Å². The van der Waals surface area contributed by atoms with Gasteiger partial charge in [-0.05, 0) is 81.3 Å². The molecule has 0 fully saturated rings. The van der Waals surface area contributed by atoms with Crippen LogP contribution in [0.4, 0.5) is 10.1 Å². The van der Waals surface area contributed by atoms with E-state index in [9.17, 15) is 17.6 Å². The molecule has 1 N–H and O–H groups in total. The Bertz CT molecular complexity index is 1550. The number of hydrogen-bond acceptors (Lipinski definition) is 4. The molecule has 0 atom stereocenters. The van der Waals surface area contributed by atoms with Crippen LogP contribution < -0.4 is 14.9 Å². The van der Waals surface area contributed by atoms with Crippen LogP contribution in [0.2, 0.25) is 0 Å². The Kier molecular flexibility index (Phi) is 6.18. The Labute approximate surface area is 197 Å². The van der Waals surface area contributed by atoms with Gasteiger partial charge < -0.3 is 9.30 Å². The Hall–Kier alpha value is -3.65. The van der Waals surface area contributed by atoms with Gasteiger partial charge in [0.05, 0.1) is 22.6 Å². The summed E-state index contributed by atoms with van der Waals surface area (Å²) < 4.78 is 48.9. The standard InChI is InChI=1S/C26H25FN2O4S/c1-5-34(31,32)28-20-10-11-24(33-26-16(2)12-19(27)13-17(26)3)23(14-20)29-15-18(4)25(30)21-8-6-7-9-22(21)29/h6-15,28H,5H2,1-4H3. The highest BCUT2D eigenvalue weighted by molar-refractivity contribution is 7.92. The van der Waals surface area contributed by atoms with Gasteiger partial charge in [0.2, 0.25) is 10.0 Å². The van der Waals surface area contributed by atoms with Gasteiger partial charge in [-0.15, -0.1) is 0 Å². The van der Waals surface area contributed by atoms with E-state index in [2.05, 4.69) is 4.72 Å². The number of aryl methyl sites for hydroxylation is 3. The molecule has 0 saturated heterocycles. The van der Waals surface area contributed by atoms with E-state index in [0.717, 1.165) is 0 Å². The number of rotatable bonds is 6. The van der Waals surface area contributed by atoms with Crippen LogP contribution >= 0.6 is 0 Å². The Morgan fingerprint density at radius 3 is 2.32 bits per heavy atom. The number of hydrogen-bond donors (Lipinski definition) is 1. The third-order valence-corrected chi connectivity index (χ3v) is 6.90. The summed E-state index contributed by atoms with van der Waals surface area (Å²) in [5, 5.41) is 0.530. The Balaban J connectivity index is 1.97. The smallest absolute Gasteiger partial charge is 0.232 e. The maximum absolute atomic E-state index is 13.8. The second kappa shape index (κ2) is 8.95. The van der Waals surface area contributed by atoms with Crippen molar-refractivity contribution in [3.63, 3.8) is 0 Å². The summed E-state index contributed by atoms with van der Waals surface area (Å²) in [6.07, 6.45) is 1.70. The van der Waals surface area contributed by atoms with Gasteiger partial charge in [0.15, 0.2) is 11.2 Å². The van der Waals surface area contributed by atoms with E-state index in [0.29, 0.717) is 50.5 Å². The summed E-state index contributed by atoms with van der Waals surface area (Å²) >= 11 is 0. The number of benzene rings is 3. The highest BCUT2D eigenvalue weighted by atomic mass is 32.2. The van der Waals surface area contributed by atoms with Crippen molar-refractivity contribution in [2.45, 2.75) is 27.7 Å². The number of sulfonamides is 1. The van der Waals surface area contributed by atoms with Gasteiger partial charge >= 0.3 is 0 Å². The predicted octanol–water partition coefficient (Wildman–Crippen LogP) is 5.61. The third-order valence-electron chi connectivity index (χ3n) is 5.60. The topological polar surface area (TPSA) is 77.4 Å². The highest BCUT2D eigenvalue weighted by Crippen LogP contribution is 2.36. The molecule has 0 spiro atoms. The molecule has 8 heteroatoms. The summed E-state index contributed by atoms with van der Waals surface area (Å²) in [5.74, 6) is 0.500. The van der Waals surface area contributed by atoms with E-state index in [4.69, 9.17) is 4.74 Å². The van der Waals surface area contributed by atoms with Crippen molar-refractivity contribution in [1.82, 2.24) is 4.57 Å². The fourth-order valence-corrected chi connectivity index (χ4v) is 4.52. The number of halogens is 1. The number of nitrogens with zero attached hydrogens (tertiary/aromatic N) is 1. The van der Waals surface area contributed by atoms with E-state index in [1.54, 1.807) is 68.8 Å². The van der Waals surface area contributed by atoms with E-state index in [1.165, 1.54) is 12.1 Å². The zero-order chi connectivity index (χ0) is 24.6. The van der Waals surface area contributed by atoms with Gasteiger partial charge in [-0.1, -0.05) is 12.1 Å². The fourth-order valence-electron chi connectivity index (χ4n) is 3.88. The van der Waals surface area contributed by atoms with Crippen molar-refractivity contribution in [1.29, 1.82) is 0 Å². The van der Waals surface area contributed by atoms with Crippen molar-refractivity contribution < 1.29 is 17.5 Å². The van der Waals surface area contributed by atoms with Crippen LogP contribution in [0.1, 0.15) is 23.6 Å². The number of ether oxygens (including phenoxy) is 1. The van der Waals surface area contributed by atoms with E-state index >= 15 is 0 Å². The monoisotopic (exact) mass is 480 g/mol. The average Bonchev–Trinajstić information content (AvgIpc) is 2.79. The van der Waals surface area contributed by atoms with Crippen molar-refractivity contribution >= 4 is 26.6 Å². The maximum Gasteiger partial charge on any atom is 0.232 e. The molecule has 0 bridgehead atoms. The van der Waals surface area contributed by atoms with E-state index in [-0.39, 0.29) is 17.0 Å². The molecule has 0 saturated carbocycles. The second-order valence-electron chi connectivity index (χ2n) is 8.19. The minimum Gasteiger partial charge on any atom is -0.455 e. The first kappa shape index (κ1) is 23.5. The molecule has 0 unspecified atom stereocenters. The number of aromatic nitrogens is 1. The maximum atomic E-state index is 13.8. The van der Waals surface area contributed by atoms with Gasteiger partial charge in [-0.25, -0.2) is 12.8 Å². The lowest BCUT2D eigenvalue weighted by Gasteiger charge is -2.20. The minimum absolute atomic E-state index is 0.0748. The summed E-state index contributed by atoms with van der Waals surface area (Å²) in [6.45, 7) is 6.80. The first-order valence-electron chi connectivity index (χ1n) is 10.8. The van der Waals surface area contributed by atoms with Gasteiger partial charge in [-0.3, -0.25) is 9.52 Å². The first-order chi connectivity index (χ1) is 16.1. The van der Waals surface area contributed by atoms with Crippen LogP contribution in [-0.4, -0.2) is 18.7 Å². The molecule has 1 aromatic heterocycles. The number of nitrogens with one attached hydrogen (secondary N) is 1. The van der Waals surface area contributed by atoms with E-state index < -0.39 is 10.0 Å². The molecule has 3 aromatic carbocycles. The molecule has 0 aliphatic rings. The fraction of sp³-hybridized carbons (Fsp3) is 0.192. The van der Waals surface area contributed by atoms with Crippen LogP contribution in [0.25, 0.3) is 16.6 Å². The lowest BCUT2D eigenvalue weighted by atomic mass is 10.1. The van der Waals surface area contributed by atoms with Gasteiger partial charge in [0.25, 0.3) is 0 Å². The molecular weight excluding hydrogens is 455 g/mol. The highest BCUT2D eigenvalue weighted by Gasteiger charge is 2.17. The molecule has 4 rings (SSSR count). The van der Waals surface area contributed by atoms with Crippen molar-refractivity contribution in [2.24, 2.45) is 0 Å². The number of para-hydroxylation sites is 1. The number of pyridine rings is 1. The largest absolute Gasteiger partial charge is 0.455 e. The molecule has 34 heavy (non-hydrogen) atoms. The Morgan fingerprint density at radius 2 is 1.65 bits per heavy atom. The number of anilines is 1. The lowest BCUT2D eigenvalue weighted by Crippen LogP contribution is -2.15. The van der Waals surface area contributed by atoms with Crippen LogP contribution in [0.5, 0.6) is 11.5 Å². The minimum atomic E-state index is -3.51. The molecule has 4 aromatic rings. The summed E-state index contributed by atoms with van der Waals surface area (Å²) in [4.78, 5) is 12.7. The molecule has 176 valence electrons. The summed E-state index contributed by atoms with van der Waals surface area (Å²) in [6, 6.07) is 14.9. The lowest BCUT2D eigenvalue weighted by molar-refractivity contribution is 0.470. The molecule has 0 aliphatic carbocycles. The van der Waals surface area contributed by atoms with Crippen LogP contribution in [0, 0.1) is 26.6 Å². The predicted molar refractivity (Wildman–Crippen MR) is 133 cm³/mol. The molecular formula is C26H25FN2O4S. The SMILES string of the molecule is CCS(=O)(=O)Nc1ccc(Oc2c(C)cc(F)cc2C)c(-n2cc(C)c(=O)c3ccccc32)c1. The van der Waals surface area contributed by atoms with E-state index in [1.807, 2.05) is 12.1 Å². The molecule has 0 aliphatic heterocycles. The first-order valence-corrected chi connectivity index (χ1v) is 12.5. The zero-order valence-corrected chi connectivity index (χ0v) is 20.2. The van der Waals surface area contributed by atoms with Crippen LogP contribution in [0.15, 0.2) is 65.6 Å². The molecule has 1 heterocycles. The van der Waals surface area contributed by atoms with Crippen molar-refractivity contribution in [3.8, 4) is 17.2 Å². The Morgan fingerprint density at radius 1 is 0.971 bits per heavy atom. The van der Waals surface area contributed by atoms with Crippen LogP contribution in [-0.2, 0) is 10.0 Å². The van der Waals surface area contributed by atoms with Gasteiger partial charge in [0.1, 0.15) is 11.6 Å². The van der Waals surface area contributed by atoms with Crippen LogP contribution in [0.3, 0.4) is 0 Å². The molecule has 0 radical (unpaired) electrons. The number of fused-ring (bicyclic) bond motifs is 1. The van der Waals surface area contributed by atoms with Gasteiger partial charge in [0, 0.05) is 17.1 Å². The average molecular weight is 481 g/mol. The summed E-state index contributed by atoms with van der Waals surface area (Å²) in [7, 11) is -3.51. The van der Waals surface area contributed by atoms with Gasteiger partial charge in [-0.2, -0.15) is 0 Å². The molecule has 0 amide bonds. The zero-order valence-electron chi connectivity index (χ0n) is 19.3. The second-order valence-corrected chi connectivity index (χ2v) is 10.2. The third kappa shape index (κ3) is 4.54. The van der Waals surface area contributed by atoms with Crippen molar-refractivity contribution in [3.05, 3.63) is 93.5 Å². The molecule has 6 nitrogen and oxygen atoms in total.